The smallest absolute Gasteiger partial charge is 0.0501 e. The molecule has 1 aliphatic carbocycles. The molecule has 1 rings (SSSR count). The summed E-state index contributed by atoms with van der Waals surface area (Å²) in [5, 5.41) is 4.04. The molecule has 4 atom stereocenters. The van der Waals surface area contributed by atoms with Crippen LogP contribution < -0.4 is 5.32 Å². The summed E-state index contributed by atoms with van der Waals surface area (Å²) in [6.45, 7) is 6.46. The summed E-state index contributed by atoms with van der Waals surface area (Å²) in [7, 11) is -0.624. The van der Waals surface area contributed by atoms with Gasteiger partial charge in [-0.05, 0) is 26.2 Å². The third-order valence-electron chi connectivity index (χ3n) is 3.44. The number of hydrogen-bond donors (Lipinski definition) is 1. The van der Waals surface area contributed by atoms with Crippen LogP contribution in [0.2, 0.25) is 0 Å². The standard InChI is InChI=1S/C12H25NOS/c1-4-10(3)13-11-8-6-7-9-12(11)15(14)5-2/h10-13H,4-9H2,1-3H3. The van der Waals surface area contributed by atoms with Crippen molar-refractivity contribution in [2.75, 3.05) is 5.75 Å². The minimum absolute atomic E-state index is 0.401. The van der Waals surface area contributed by atoms with Crippen molar-refractivity contribution in [3.05, 3.63) is 0 Å². The van der Waals surface area contributed by atoms with Gasteiger partial charge in [0.15, 0.2) is 0 Å². The van der Waals surface area contributed by atoms with Gasteiger partial charge in [-0.3, -0.25) is 4.21 Å². The van der Waals surface area contributed by atoms with E-state index in [1.807, 2.05) is 6.92 Å². The van der Waals surface area contributed by atoms with E-state index >= 15 is 0 Å². The summed E-state index contributed by atoms with van der Waals surface area (Å²) in [5.41, 5.74) is 0. The maximum Gasteiger partial charge on any atom is 0.0501 e. The molecule has 1 fully saturated rings. The Morgan fingerprint density at radius 1 is 1.33 bits per heavy atom. The van der Waals surface area contributed by atoms with E-state index in [9.17, 15) is 4.21 Å². The molecule has 0 spiro atoms. The Bertz CT molecular complexity index is 208. The Hall–Kier alpha value is 0.110. The van der Waals surface area contributed by atoms with E-state index < -0.39 is 10.8 Å². The molecule has 0 aromatic heterocycles. The highest BCUT2D eigenvalue weighted by atomic mass is 32.2. The first-order valence-corrected chi connectivity index (χ1v) is 7.70. The Labute approximate surface area is 96.7 Å². The van der Waals surface area contributed by atoms with Crippen molar-refractivity contribution in [1.29, 1.82) is 0 Å². The number of nitrogens with one attached hydrogen (secondary N) is 1. The molecular formula is C12H25NOS. The highest BCUT2D eigenvalue weighted by Gasteiger charge is 2.29. The zero-order chi connectivity index (χ0) is 11.3. The number of hydrogen-bond acceptors (Lipinski definition) is 2. The lowest BCUT2D eigenvalue weighted by molar-refractivity contribution is 0.345. The predicted molar refractivity (Wildman–Crippen MR) is 67.6 cm³/mol. The molecule has 0 aromatic rings. The van der Waals surface area contributed by atoms with Gasteiger partial charge in [0, 0.05) is 28.6 Å². The molecule has 0 amide bonds. The van der Waals surface area contributed by atoms with Gasteiger partial charge in [0.2, 0.25) is 0 Å². The van der Waals surface area contributed by atoms with Gasteiger partial charge in [-0.15, -0.1) is 0 Å². The zero-order valence-electron chi connectivity index (χ0n) is 10.3. The predicted octanol–water partition coefficient (Wildman–Crippen LogP) is 2.45. The van der Waals surface area contributed by atoms with E-state index in [1.165, 1.54) is 19.3 Å². The van der Waals surface area contributed by atoms with E-state index in [-0.39, 0.29) is 0 Å². The van der Waals surface area contributed by atoms with E-state index in [0.717, 1.165) is 18.6 Å². The van der Waals surface area contributed by atoms with Crippen molar-refractivity contribution >= 4 is 10.8 Å². The van der Waals surface area contributed by atoms with Crippen LogP contribution in [0.15, 0.2) is 0 Å². The van der Waals surface area contributed by atoms with Gasteiger partial charge in [0.05, 0.1) is 5.25 Å². The van der Waals surface area contributed by atoms with Crippen molar-refractivity contribution in [3.63, 3.8) is 0 Å². The summed E-state index contributed by atoms with van der Waals surface area (Å²) in [5.74, 6) is 0.809. The molecule has 1 aliphatic rings. The maximum absolute atomic E-state index is 11.9. The van der Waals surface area contributed by atoms with E-state index in [4.69, 9.17) is 0 Å². The Morgan fingerprint density at radius 3 is 2.60 bits per heavy atom. The topological polar surface area (TPSA) is 29.1 Å². The molecule has 0 heterocycles. The summed E-state index contributed by atoms with van der Waals surface area (Å²) in [4.78, 5) is 0. The second kappa shape index (κ2) is 6.64. The van der Waals surface area contributed by atoms with Gasteiger partial charge in [-0.2, -0.15) is 0 Å². The van der Waals surface area contributed by atoms with Gasteiger partial charge in [-0.1, -0.05) is 26.7 Å². The molecule has 0 radical (unpaired) electrons. The first-order valence-electron chi connectivity index (χ1n) is 6.32. The minimum atomic E-state index is -0.624. The van der Waals surface area contributed by atoms with E-state index in [0.29, 0.717) is 17.3 Å². The van der Waals surface area contributed by atoms with Crippen molar-refractivity contribution in [1.82, 2.24) is 5.32 Å². The van der Waals surface area contributed by atoms with Gasteiger partial charge < -0.3 is 5.32 Å². The van der Waals surface area contributed by atoms with Crippen molar-refractivity contribution in [2.45, 2.75) is 70.2 Å². The first kappa shape index (κ1) is 13.2. The molecule has 2 nitrogen and oxygen atoms in total. The van der Waals surface area contributed by atoms with E-state index in [1.54, 1.807) is 0 Å². The van der Waals surface area contributed by atoms with Crippen LogP contribution in [0.4, 0.5) is 0 Å². The Kier molecular flexibility index (Phi) is 5.83. The van der Waals surface area contributed by atoms with Crippen molar-refractivity contribution < 1.29 is 4.21 Å². The van der Waals surface area contributed by atoms with E-state index in [2.05, 4.69) is 19.2 Å². The van der Waals surface area contributed by atoms with Crippen LogP contribution >= 0.6 is 0 Å². The fourth-order valence-corrected chi connectivity index (χ4v) is 3.74. The second-order valence-electron chi connectivity index (χ2n) is 4.57. The van der Waals surface area contributed by atoms with Gasteiger partial charge in [-0.25, -0.2) is 0 Å². The molecule has 3 heteroatoms. The quantitative estimate of drug-likeness (QED) is 0.787. The highest BCUT2D eigenvalue weighted by Crippen LogP contribution is 2.23. The average molecular weight is 231 g/mol. The van der Waals surface area contributed by atoms with Crippen LogP contribution in [0, 0.1) is 0 Å². The van der Waals surface area contributed by atoms with Crippen LogP contribution in [0.5, 0.6) is 0 Å². The van der Waals surface area contributed by atoms with Crippen LogP contribution in [-0.4, -0.2) is 27.3 Å². The SMILES string of the molecule is CCC(C)NC1CCCCC1S(=O)CC. The second-order valence-corrected chi connectivity index (χ2v) is 6.52. The average Bonchev–Trinajstić information content (AvgIpc) is 2.28. The number of rotatable bonds is 5. The molecule has 0 aliphatic heterocycles. The molecule has 4 unspecified atom stereocenters. The monoisotopic (exact) mass is 231 g/mol. The molecule has 15 heavy (non-hydrogen) atoms. The molecular weight excluding hydrogens is 206 g/mol. The fraction of sp³-hybridized carbons (Fsp3) is 1.00. The lowest BCUT2D eigenvalue weighted by Gasteiger charge is -2.33. The molecule has 1 N–H and O–H groups in total. The summed E-state index contributed by atoms with van der Waals surface area (Å²) in [6.07, 6.45) is 6.07. The molecule has 90 valence electrons. The third kappa shape index (κ3) is 3.87. The lowest BCUT2D eigenvalue weighted by Crippen LogP contribution is -2.48. The lowest BCUT2D eigenvalue weighted by atomic mass is 9.94. The molecule has 1 saturated carbocycles. The molecule has 0 bridgehead atoms. The maximum atomic E-state index is 11.9. The largest absolute Gasteiger partial charge is 0.310 e. The molecule has 0 saturated heterocycles. The molecule has 0 aromatic carbocycles. The zero-order valence-corrected chi connectivity index (χ0v) is 11.1. The van der Waals surface area contributed by atoms with Gasteiger partial charge in [0.1, 0.15) is 0 Å². The van der Waals surface area contributed by atoms with Crippen molar-refractivity contribution in [3.8, 4) is 0 Å². The van der Waals surface area contributed by atoms with Crippen LogP contribution in [0.3, 0.4) is 0 Å². The summed E-state index contributed by atoms with van der Waals surface area (Å²) in [6, 6.07) is 1.05. The first-order chi connectivity index (χ1) is 7.19. The minimum Gasteiger partial charge on any atom is -0.310 e. The summed E-state index contributed by atoms with van der Waals surface area (Å²) < 4.78 is 11.9. The normalized spacial score (nSPS) is 31.1. The highest BCUT2D eigenvalue weighted by molar-refractivity contribution is 7.85. The Morgan fingerprint density at radius 2 is 2.00 bits per heavy atom. The summed E-state index contributed by atoms with van der Waals surface area (Å²) >= 11 is 0. The van der Waals surface area contributed by atoms with Crippen LogP contribution in [0.1, 0.15) is 52.9 Å². The third-order valence-corrected chi connectivity index (χ3v) is 5.24. The fourth-order valence-electron chi connectivity index (χ4n) is 2.30. The van der Waals surface area contributed by atoms with Gasteiger partial charge in [0.25, 0.3) is 0 Å². The Balaban J connectivity index is 2.53. The van der Waals surface area contributed by atoms with Gasteiger partial charge >= 0.3 is 0 Å². The van der Waals surface area contributed by atoms with Crippen molar-refractivity contribution in [2.24, 2.45) is 0 Å². The van der Waals surface area contributed by atoms with Crippen LogP contribution in [-0.2, 0) is 10.8 Å². The van der Waals surface area contributed by atoms with Crippen LogP contribution in [0.25, 0.3) is 0 Å².